The molecule has 1 aromatic rings. The van der Waals surface area contributed by atoms with Crippen LogP contribution in [0.2, 0.25) is 0 Å². The first-order valence-corrected chi connectivity index (χ1v) is 4.76. The highest BCUT2D eigenvalue weighted by molar-refractivity contribution is 5.55. The Morgan fingerprint density at radius 3 is 2.47 bits per heavy atom. The van der Waals surface area contributed by atoms with E-state index in [4.69, 9.17) is 21.7 Å². The molecule has 0 spiro atoms. The lowest BCUT2D eigenvalue weighted by atomic mass is 10.1. The second-order valence-electron chi connectivity index (χ2n) is 3.40. The normalized spacial score (nSPS) is 10.9. The number of nitrogens with one attached hydrogen (secondary N) is 1. The Balaban J connectivity index is 2.60. The summed E-state index contributed by atoms with van der Waals surface area (Å²) in [5, 5.41) is 20.7. The van der Waals surface area contributed by atoms with Crippen LogP contribution in [0.15, 0.2) is 18.2 Å². The van der Waals surface area contributed by atoms with Gasteiger partial charge in [-0.3, -0.25) is 0 Å². The first kappa shape index (κ1) is 11.8. The van der Waals surface area contributed by atoms with E-state index in [1.165, 1.54) is 0 Å². The van der Waals surface area contributed by atoms with Crippen molar-refractivity contribution in [3.63, 3.8) is 0 Å². The Morgan fingerprint density at radius 1 is 1.20 bits per heavy atom. The Labute approximate surface area is 88.7 Å². The van der Waals surface area contributed by atoms with Gasteiger partial charge in [0.25, 0.3) is 0 Å². The molecule has 0 aliphatic carbocycles. The summed E-state index contributed by atoms with van der Waals surface area (Å²) in [5.74, 6) is 0. The maximum atomic E-state index is 8.85. The molecule has 1 aromatic carbocycles. The Morgan fingerprint density at radius 2 is 1.87 bits per heavy atom. The van der Waals surface area contributed by atoms with Gasteiger partial charge in [0.2, 0.25) is 0 Å². The van der Waals surface area contributed by atoms with Gasteiger partial charge in [-0.2, -0.15) is 0 Å². The van der Waals surface area contributed by atoms with Gasteiger partial charge in [0.15, 0.2) is 0 Å². The average Bonchev–Trinajstić information content (AvgIpc) is 2.24. The van der Waals surface area contributed by atoms with Crippen LogP contribution in [-0.2, 0) is 6.54 Å². The molecule has 5 nitrogen and oxygen atoms in total. The van der Waals surface area contributed by atoms with E-state index >= 15 is 0 Å². The van der Waals surface area contributed by atoms with Crippen LogP contribution in [-0.4, -0.2) is 29.5 Å². The second kappa shape index (κ2) is 5.55. The predicted octanol–water partition coefficient (Wildman–Crippen LogP) is -0.706. The van der Waals surface area contributed by atoms with Crippen molar-refractivity contribution >= 4 is 11.4 Å². The molecule has 0 aliphatic heterocycles. The standard InChI is InChI=1S/C10H17N3O2/c11-8-1-2-10(12)7(3-8)4-13-9(5-14)6-15/h1-3,9,13-15H,4-6,11-12H2. The van der Waals surface area contributed by atoms with E-state index in [0.29, 0.717) is 17.9 Å². The molecule has 0 radical (unpaired) electrons. The maximum absolute atomic E-state index is 8.85. The smallest absolute Gasteiger partial charge is 0.0607 e. The highest BCUT2D eigenvalue weighted by Gasteiger charge is 2.06. The molecule has 0 amide bonds. The molecule has 0 bridgehead atoms. The molecule has 0 unspecified atom stereocenters. The third-order valence-corrected chi connectivity index (χ3v) is 2.19. The molecule has 5 heteroatoms. The second-order valence-corrected chi connectivity index (χ2v) is 3.40. The molecule has 0 saturated carbocycles. The number of nitrogens with two attached hydrogens (primary N) is 2. The van der Waals surface area contributed by atoms with E-state index in [9.17, 15) is 0 Å². The fourth-order valence-electron chi connectivity index (χ4n) is 1.22. The molecule has 84 valence electrons. The summed E-state index contributed by atoms with van der Waals surface area (Å²) in [7, 11) is 0. The fourth-order valence-corrected chi connectivity index (χ4v) is 1.22. The summed E-state index contributed by atoms with van der Waals surface area (Å²) in [4.78, 5) is 0. The molecule has 0 aromatic heterocycles. The van der Waals surface area contributed by atoms with Gasteiger partial charge >= 0.3 is 0 Å². The van der Waals surface area contributed by atoms with E-state index in [1.54, 1.807) is 18.2 Å². The van der Waals surface area contributed by atoms with Crippen LogP contribution >= 0.6 is 0 Å². The number of rotatable bonds is 5. The summed E-state index contributed by atoms with van der Waals surface area (Å²) in [6.45, 7) is 0.250. The molecule has 15 heavy (non-hydrogen) atoms. The minimum Gasteiger partial charge on any atom is -0.399 e. The van der Waals surface area contributed by atoms with Gasteiger partial charge < -0.3 is 27.0 Å². The zero-order valence-corrected chi connectivity index (χ0v) is 8.48. The third kappa shape index (κ3) is 3.39. The first-order chi connectivity index (χ1) is 7.17. The van der Waals surface area contributed by atoms with E-state index in [2.05, 4.69) is 5.32 Å². The number of hydrogen-bond acceptors (Lipinski definition) is 5. The summed E-state index contributed by atoms with van der Waals surface area (Å²) in [6.07, 6.45) is 0. The lowest BCUT2D eigenvalue weighted by molar-refractivity contribution is 0.170. The number of aliphatic hydroxyl groups is 2. The quantitative estimate of drug-likeness (QED) is 0.414. The zero-order valence-electron chi connectivity index (χ0n) is 8.48. The summed E-state index contributed by atoms with van der Waals surface area (Å²) in [6, 6.07) is 4.91. The van der Waals surface area contributed by atoms with E-state index in [-0.39, 0.29) is 19.3 Å². The number of nitrogen functional groups attached to an aromatic ring is 2. The molecule has 0 fully saturated rings. The maximum Gasteiger partial charge on any atom is 0.0607 e. The first-order valence-electron chi connectivity index (χ1n) is 4.76. The van der Waals surface area contributed by atoms with Crippen LogP contribution in [0, 0.1) is 0 Å². The molecule has 7 N–H and O–H groups in total. The van der Waals surface area contributed by atoms with Crippen molar-refractivity contribution < 1.29 is 10.2 Å². The highest BCUT2D eigenvalue weighted by Crippen LogP contribution is 2.15. The van der Waals surface area contributed by atoms with E-state index in [0.717, 1.165) is 5.56 Å². The van der Waals surface area contributed by atoms with Gasteiger partial charge in [0.1, 0.15) is 0 Å². The monoisotopic (exact) mass is 211 g/mol. The van der Waals surface area contributed by atoms with Crippen molar-refractivity contribution in [2.75, 3.05) is 24.7 Å². The lowest BCUT2D eigenvalue weighted by Gasteiger charge is -2.14. The van der Waals surface area contributed by atoms with E-state index < -0.39 is 0 Å². The molecular weight excluding hydrogens is 194 g/mol. The third-order valence-electron chi connectivity index (χ3n) is 2.19. The Hall–Kier alpha value is -1.30. The number of benzene rings is 1. The van der Waals surface area contributed by atoms with Crippen LogP contribution in [0.25, 0.3) is 0 Å². The van der Waals surface area contributed by atoms with Gasteiger partial charge in [0, 0.05) is 17.9 Å². The molecular formula is C10H17N3O2. The zero-order chi connectivity index (χ0) is 11.3. The molecule has 0 heterocycles. The minimum absolute atomic E-state index is 0.112. The predicted molar refractivity (Wildman–Crippen MR) is 60.1 cm³/mol. The van der Waals surface area contributed by atoms with Crippen molar-refractivity contribution in [3.8, 4) is 0 Å². The highest BCUT2D eigenvalue weighted by atomic mass is 16.3. The Bertz CT molecular complexity index is 314. The van der Waals surface area contributed by atoms with Gasteiger partial charge in [-0.1, -0.05) is 0 Å². The van der Waals surface area contributed by atoms with Gasteiger partial charge in [-0.25, -0.2) is 0 Å². The van der Waals surface area contributed by atoms with Gasteiger partial charge in [-0.05, 0) is 23.8 Å². The lowest BCUT2D eigenvalue weighted by Crippen LogP contribution is -2.35. The molecule has 0 aliphatic rings. The van der Waals surface area contributed by atoms with Crippen molar-refractivity contribution in [1.29, 1.82) is 0 Å². The van der Waals surface area contributed by atoms with Crippen LogP contribution in [0.3, 0.4) is 0 Å². The van der Waals surface area contributed by atoms with Crippen LogP contribution in [0.5, 0.6) is 0 Å². The van der Waals surface area contributed by atoms with Crippen molar-refractivity contribution in [3.05, 3.63) is 23.8 Å². The van der Waals surface area contributed by atoms with Crippen LogP contribution < -0.4 is 16.8 Å². The van der Waals surface area contributed by atoms with Gasteiger partial charge in [-0.15, -0.1) is 0 Å². The molecule has 1 rings (SSSR count). The van der Waals surface area contributed by atoms with E-state index in [1.807, 2.05) is 0 Å². The fraction of sp³-hybridized carbons (Fsp3) is 0.400. The van der Waals surface area contributed by atoms with Crippen molar-refractivity contribution in [1.82, 2.24) is 5.32 Å². The van der Waals surface area contributed by atoms with Crippen LogP contribution in [0.1, 0.15) is 5.56 Å². The summed E-state index contributed by atoms with van der Waals surface area (Å²) < 4.78 is 0. The van der Waals surface area contributed by atoms with Crippen molar-refractivity contribution in [2.45, 2.75) is 12.6 Å². The van der Waals surface area contributed by atoms with Crippen molar-refractivity contribution in [2.24, 2.45) is 0 Å². The largest absolute Gasteiger partial charge is 0.399 e. The molecule has 0 atom stereocenters. The average molecular weight is 211 g/mol. The topological polar surface area (TPSA) is 105 Å². The minimum atomic E-state index is -0.328. The van der Waals surface area contributed by atoms with Gasteiger partial charge in [0.05, 0.1) is 19.3 Å². The number of aliphatic hydroxyl groups excluding tert-OH is 2. The van der Waals surface area contributed by atoms with Crippen LogP contribution in [0.4, 0.5) is 11.4 Å². The SMILES string of the molecule is Nc1ccc(N)c(CNC(CO)CO)c1. The summed E-state index contributed by atoms with van der Waals surface area (Å²) >= 11 is 0. The Kier molecular flexibility index (Phi) is 4.36. The number of anilines is 2. The summed E-state index contributed by atoms with van der Waals surface area (Å²) in [5.41, 5.74) is 13.5. The molecule has 0 saturated heterocycles. The number of hydrogen-bond donors (Lipinski definition) is 5.